The maximum atomic E-state index is 14.7. The molecular formula is C17H22FN5O2. The Bertz CT molecular complexity index is 978. The van der Waals surface area contributed by atoms with E-state index in [9.17, 15) is 14.0 Å². The van der Waals surface area contributed by atoms with Crippen LogP contribution in [0.5, 0.6) is 0 Å². The van der Waals surface area contributed by atoms with Gasteiger partial charge in [0.05, 0.1) is 16.6 Å². The van der Waals surface area contributed by atoms with E-state index in [0.717, 1.165) is 19.3 Å². The molecule has 1 aliphatic carbocycles. The molecule has 2 aromatic rings. The summed E-state index contributed by atoms with van der Waals surface area (Å²) in [5.41, 5.74) is 5.43. The van der Waals surface area contributed by atoms with Crippen molar-refractivity contribution in [1.82, 2.24) is 9.24 Å². The lowest BCUT2D eigenvalue weighted by Crippen LogP contribution is -2.44. The fraction of sp³-hybridized carbons (Fsp3) is 0.529. The molecule has 1 saturated heterocycles. The van der Waals surface area contributed by atoms with Gasteiger partial charge in [-0.2, -0.15) is 4.68 Å². The molecule has 1 unspecified atom stereocenters. The Morgan fingerprint density at radius 2 is 2.04 bits per heavy atom. The fourth-order valence-corrected chi connectivity index (χ4v) is 3.68. The van der Waals surface area contributed by atoms with Gasteiger partial charge in [-0.05, 0) is 43.4 Å². The summed E-state index contributed by atoms with van der Waals surface area (Å²) in [6.45, 7) is 3.95. The van der Waals surface area contributed by atoms with Gasteiger partial charge in [0, 0.05) is 19.1 Å². The van der Waals surface area contributed by atoms with Gasteiger partial charge in [0.1, 0.15) is 5.82 Å². The molecule has 134 valence electrons. The van der Waals surface area contributed by atoms with Gasteiger partial charge in [0.15, 0.2) is 0 Å². The standard InChI is InChI=1S/C17H22FN5O2/c1-17(8-19)4-5-21(9-17)14-7-13-11(6-12(14)18)15(24)23(20)16(25)22(13)10-2-3-10/h6-7,10H,2-5,8-9,19-20H2,1H3. The van der Waals surface area contributed by atoms with Gasteiger partial charge in [-0.25, -0.2) is 9.18 Å². The molecule has 25 heavy (non-hydrogen) atoms. The molecule has 4 N–H and O–H groups in total. The summed E-state index contributed by atoms with van der Waals surface area (Å²) in [5.74, 6) is 5.12. The molecule has 0 bridgehead atoms. The molecule has 1 atom stereocenters. The number of halogens is 1. The summed E-state index contributed by atoms with van der Waals surface area (Å²) in [7, 11) is 0. The number of hydrogen-bond donors (Lipinski definition) is 2. The van der Waals surface area contributed by atoms with Crippen molar-refractivity contribution >= 4 is 16.6 Å². The molecule has 2 heterocycles. The molecule has 1 aromatic heterocycles. The Balaban J connectivity index is 1.92. The lowest BCUT2D eigenvalue weighted by Gasteiger charge is -2.24. The maximum Gasteiger partial charge on any atom is 0.350 e. The van der Waals surface area contributed by atoms with E-state index < -0.39 is 17.1 Å². The first-order valence-corrected chi connectivity index (χ1v) is 8.55. The predicted octanol–water partition coefficient (Wildman–Crippen LogP) is 0.526. The van der Waals surface area contributed by atoms with Crippen molar-refractivity contribution in [1.29, 1.82) is 0 Å². The van der Waals surface area contributed by atoms with E-state index in [4.69, 9.17) is 11.6 Å². The van der Waals surface area contributed by atoms with Crippen molar-refractivity contribution < 1.29 is 4.39 Å². The molecule has 2 aliphatic rings. The van der Waals surface area contributed by atoms with Crippen LogP contribution in [0, 0.1) is 11.2 Å². The molecule has 2 fully saturated rings. The second kappa shape index (κ2) is 5.32. The Morgan fingerprint density at radius 3 is 2.64 bits per heavy atom. The molecular weight excluding hydrogens is 325 g/mol. The van der Waals surface area contributed by atoms with E-state index in [2.05, 4.69) is 6.92 Å². The minimum atomic E-state index is -0.671. The van der Waals surface area contributed by atoms with Crippen LogP contribution in [0.4, 0.5) is 10.1 Å². The molecule has 0 radical (unpaired) electrons. The molecule has 1 saturated carbocycles. The summed E-state index contributed by atoms with van der Waals surface area (Å²) >= 11 is 0. The third-order valence-electron chi connectivity index (χ3n) is 5.49. The zero-order chi connectivity index (χ0) is 17.9. The van der Waals surface area contributed by atoms with Crippen LogP contribution in [0.1, 0.15) is 32.2 Å². The van der Waals surface area contributed by atoms with E-state index in [1.54, 1.807) is 6.07 Å². The third-order valence-corrected chi connectivity index (χ3v) is 5.49. The third kappa shape index (κ3) is 2.43. The van der Waals surface area contributed by atoms with Gasteiger partial charge in [-0.3, -0.25) is 9.36 Å². The van der Waals surface area contributed by atoms with E-state index in [1.165, 1.54) is 10.6 Å². The zero-order valence-corrected chi connectivity index (χ0v) is 14.2. The predicted molar refractivity (Wildman–Crippen MR) is 94.8 cm³/mol. The molecule has 1 aromatic carbocycles. The van der Waals surface area contributed by atoms with E-state index in [0.29, 0.717) is 35.5 Å². The van der Waals surface area contributed by atoms with Gasteiger partial charge >= 0.3 is 5.69 Å². The van der Waals surface area contributed by atoms with Crippen LogP contribution in [0.3, 0.4) is 0 Å². The van der Waals surface area contributed by atoms with Crippen molar-refractivity contribution in [2.45, 2.75) is 32.2 Å². The molecule has 8 heteroatoms. The van der Waals surface area contributed by atoms with E-state index in [-0.39, 0.29) is 16.8 Å². The van der Waals surface area contributed by atoms with Crippen LogP contribution in [-0.4, -0.2) is 28.9 Å². The first kappa shape index (κ1) is 16.1. The van der Waals surface area contributed by atoms with Crippen molar-refractivity contribution in [2.24, 2.45) is 11.1 Å². The Morgan fingerprint density at radius 1 is 1.32 bits per heavy atom. The highest BCUT2D eigenvalue weighted by molar-refractivity contribution is 5.83. The van der Waals surface area contributed by atoms with Crippen molar-refractivity contribution in [3.8, 4) is 0 Å². The van der Waals surface area contributed by atoms with Gasteiger partial charge in [-0.1, -0.05) is 6.92 Å². The highest BCUT2D eigenvalue weighted by Gasteiger charge is 2.34. The highest BCUT2D eigenvalue weighted by atomic mass is 19.1. The van der Waals surface area contributed by atoms with Gasteiger partial charge in [-0.15, -0.1) is 0 Å². The average molecular weight is 347 g/mol. The molecule has 0 spiro atoms. The van der Waals surface area contributed by atoms with E-state index >= 15 is 0 Å². The van der Waals surface area contributed by atoms with Crippen LogP contribution in [0.15, 0.2) is 21.7 Å². The summed E-state index contributed by atoms with van der Waals surface area (Å²) in [6, 6.07) is 2.84. The van der Waals surface area contributed by atoms with Crippen LogP contribution in [0.2, 0.25) is 0 Å². The Kier molecular flexibility index (Phi) is 3.44. The molecule has 0 amide bonds. The lowest BCUT2D eigenvalue weighted by atomic mass is 9.90. The number of nitrogens with two attached hydrogens (primary N) is 2. The van der Waals surface area contributed by atoms with Crippen LogP contribution in [0.25, 0.3) is 10.9 Å². The highest BCUT2D eigenvalue weighted by Crippen LogP contribution is 2.38. The monoisotopic (exact) mass is 347 g/mol. The number of aromatic nitrogens is 2. The fourth-order valence-electron chi connectivity index (χ4n) is 3.68. The SMILES string of the molecule is CC1(CN)CCN(c2cc3c(cc2F)c(=O)n(N)c(=O)n3C2CC2)C1. The minimum Gasteiger partial charge on any atom is -0.368 e. The van der Waals surface area contributed by atoms with Crippen molar-refractivity contribution in [3.63, 3.8) is 0 Å². The second-order valence-corrected chi connectivity index (χ2v) is 7.57. The van der Waals surface area contributed by atoms with Gasteiger partial charge < -0.3 is 16.5 Å². The number of anilines is 1. The van der Waals surface area contributed by atoms with Crippen LogP contribution < -0.4 is 27.7 Å². The summed E-state index contributed by atoms with van der Waals surface area (Å²) in [4.78, 5) is 26.7. The molecule has 7 nitrogen and oxygen atoms in total. The molecule has 1 aliphatic heterocycles. The number of nitrogens with zero attached hydrogens (tertiary/aromatic N) is 3. The first-order chi connectivity index (χ1) is 11.8. The average Bonchev–Trinajstić information content (AvgIpc) is 3.35. The molecule has 4 rings (SSSR count). The number of benzene rings is 1. The first-order valence-electron chi connectivity index (χ1n) is 8.55. The summed E-state index contributed by atoms with van der Waals surface area (Å²) in [6.07, 6.45) is 2.59. The zero-order valence-electron chi connectivity index (χ0n) is 14.2. The van der Waals surface area contributed by atoms with Crippen molar-refractivity contribution in [3.05, 3.63) is 38.8 Å². The van der Waals surface area contributed by atoms with Gasteiger partial charge in [0.25, 0.3) is 5.56 Å². The Hall–Kier alpha value is -2.35. The minimum absolute atomic E-state index is 0.0246. The van der Waals surface area contributed by atoms with E-state index in [1.807, 2.05) is 4.90 Å². The van der Waals surface area contributed by atoms with Crippen molar-refractivity contribution in [2.75, 3.05) is 30.4 Å². The number of nitrogen functional groups attached to an aromatic ring is 1. The largest absolute Gasteiger partial charge is 0.368 e. The Labute approximate surface area is 143 Å². The quantitative estimate of drug-likeness (QED) is 0.789. The topological polar surface area (TPSA) is 99.3 Å². The second-order valence-electron chi connectivity index (χ2n) is 7.57. The number of fused-ring (bicyclic) bond motifs is 1. The van der Waals surface area contributed by atoms with Crippen LogP contribution >= 0.6 is 0 Å². The summed E-state index contributed by atoms with van der Waals surface area (Å²) < 4.78 is 16.8. The maximum absolute atomic E-state index is 14.7. The van der Waals surface area contributed by atoms with Gasteiger partial charge in [0.2, 0.25) is 0 Å². The smallest absolute Gasteiger partial charge is 0.350 e. The summed E-state index contributed by atoms with van der Waals surface area (Å²) in [5, 5.41) is 0.135. The number of hydrogen-bond acceptors (Lipinski definition) is 5. The normalized spacial score (nSPS) is 23.6. The van der Waals surface area contributed by atoms with Crippen LogP contribution in [-0.2, 0) is 0 Å². The number of rotatable bonds is 3. The lowest BCUT2D eigenvalue weighted by molar-refractivity contribution is 0.383.